The molecule has 0 aromatic heterocycles. The number of nitro groups is 1. The molecule has 3 fully saturated rings. The number of urea groups is 1. The number of carbonyl (C=O) groups is 3. The Labute approximate surface area is 173 Å². The fourth-order valence-electron chi connectivity index (χ4n) is 5.89. The summed E-state index contributed by atoms with van der Waals surface area (Å²) in [6, 6.07) is 3.47. The lowest BCUT2D eigenvalue weighted by molar-refractivity contribution is -0.384. The number of carbonyl (C=O) groups excluding carboxylic acids is 3. The zero-order valence-electron chi connectivity index (χ0n) is 16.6. The highest BCUT2D eigenvalue weighted by Gasteiger charge is 2.63. The SMILES string of the molecule is O=C1NC(=O)C2(Cc3cc([N+](=O)[O-])ccc3N3CCCC32)C(=O)N1C1CCCCC1. The van der Waals surface area contributed by atoms with Crippen molar-refractivity contribution in [3.63, 3.8) is 0 Å². The van der Waals surface area contributed by atoms with Gasteiger partial charge in [-0.2, -0.15) is 0 Å². The summed E-state index contributed by atoms with van der Waals surface area (Å²) in [4.78, 5) is 54.0. The Kier molecular flexibility index (Phi) is 4.30. The van der Waals surface area contributed by atoms with Crippen molar-refractivity contribution in [2.45, 2.75) is 63.5 Å². The van der Waals surface area contributed by atoms with Gasteiger partial charge in [-0.15, -0.1) is 0 Å². The number of fused-ring (bicyclic) bond motifs is 4. The summed E-state index contributed by atoms with van der Waals surface area (Å²) in [5.74, 6) is -1.00. The number of imide groups is 2. The lowest BCUT2D eigenvalue weighted by Crippen LogP contribution is -2.72. The number of rotatable bonds is 2. The first-order valence-corrected chi connectivity index (χ1v) is 10.7. The molecule has 4 aliphatic rings. The van der Waals surface area contributed by atoms with Crippen molar-refractivity contribution < 1.29 is 19.3 Å². The first-order chi connectivity index (χ1) is 14.4. The van der Waals surface area contributed by atoms with Gasteiger partial charge in [0.1, 0.15) is 0 Å². The van der Waals surface area contributed by atoms with Crippen LogP contribution in [0, 0.1) is 15.5 Å². The maximum absolute atomic E-state index is 13.9. The third-order valence-electron chi connectivity index (χ3n) is 7.26. The minimum atomic E-state index is -1.43. The summed E-state index contributed by atoms with van der Waals surface area (Å²) < 4.78 is 0. The van der Waals surface area contributed by atoms with E-state index in [9.17, 15) is 24.5 Å². The van der Waals surface area contributed by atoms with Crippen molar-refractivity contribution in [3.8, 4) is 0 Å². The fraction of sp³-hybridized carbons (Fsp3) is 0.571. The van der Waals surface area contributed by atoms with Crippen molar-refractivity contribution in [3.05, 3.63) is 33.9 Å². The van der Waals surface area contributed by atoms with E-state index in [1.165, 1.54) is 17.0 Å². The second kappa shape index (κ2) is 6.78. The Hall–Kier alpha value is -2.97. The van der Waals surface area contributed by atoms with Crippen LogP contribution in [0.2, 0.25) is 0 Å². The van der Waals surface area contributed by atoms with Gasteiger partial charge in [0.05, 0.1) is 11.0 Å². The molecular formula is C21H24N4O5. The molecule has 9 nitrogen and oxygen atoms in total. The van der Waals surface area contributed by atoms with E-state index in [-0.39, 0.29) is 24.2 Å². The molecule has 1 N–H and O–H groups in total. The van der Waals surface area contributed by atoms with Gasteiger partial charge in [0.15, 0.2) is 5.41 Å². The van der Waals surface area contributed by atoms with E-state index in [0.717, 1.165) is 44.2 Å². The predicted molar refractivity (Wildman–Crippen MR) is 107 cm³/mol. The van der Waals surface area contributed by atoms with Crippen LogP contribution in [0.5, 0.6) is 0 Å². The van der Waals surface area contributed by atoms with E-state index < -0.39 is 28.2 Å². The van der Waals surface area contributed by atoms with Gasteiger partial charge in [0, 0.05) is 36.8 Å². The van der Waals surface area contributed by atoms with Crippen molar-refractivity contribution in [2.24, 2.45) is 5.41 Å². The first-order valence-electron chi connectivity index (χ1n) is 10.7. The first kappa shape index (κ1) is 19.0. The summed E-state index contributed by atoms with van der Waals surface area (Å²) in [6.45, 7) is 0.676. The lowest BCUT2D eigenvalue weighted by atomic mass is 9.68. The van der Waals surface area contributed by atoms with E-state index in [1.807, 2.05) is 4.90 Å². The third-order valence-corrected chi connectivity index (χ3v) is 7.26. The molecule has 1 aromatic carbocycles. The highest BCUT2D eigenvalue weighted by molar-refractivity contribution is 6.20. The van der Waals surface area contributed by atoms with Crippen LogP contribution in [0.3, 0.4) is 0 Å². The van der Waals surface area contributed by atoms with E-state index in [4.69, 9.17) is 0 Å². The van der Waals surface area contributed by atoms with Crippen molar-refractivity contribution >= 4 is 29.2 Å². The summed E-state index contributed by atoms with van der Waals surface area (Å²) in [7, 11) is 0. The fourth-order valence-corrected chi connectivity index (χ4v) is 5.89. The van der Waals surface area contributed by atoms with E-state index >= 15 is 0 Å². The highest BCUT2D eigenvalue weighted by Crippen LogP contribution is 2.49. The van der Waals surface area contributed by atoms with Crippen molar-refractivity contribution in [2.75, 3.05) is 11.4 Å². The van der Waals surface area contributed by atoms with Crippen LogP contribution in [-0.4, -0.2) is 46.3 Å². The Morgan fingerprint density at radius 1 is 1.07 bits per heavy atom. The van der Waals surface area contributed by atoms with Gasteiger partial charge >= 0.3 is 6.03 Å². The molecule has 1 saturated carbocycles. The van der Waals surface area contributed by atoms with Crippen LogP contribution >= 0.6 is 0 Å². The van der Waals surface area contributed by atoms with Crippen LogP contribution in [0.1, 0.15) is 50.5 Å². The van der Waals surface area contributed by atoms with Crippen LogP contribution in [0.4, 0.5) is 16.2 Å². The monoisotopic (exact) mass is 412 g/mol. The largest absolute Gasteiger partial charge is 0.367 e. The number of hydrogen-bond acceptors (Lipinski definition) is 6. The summed E-state index contributed by atoms with van der Waals surface area (Å²) >= 11 is 0. The average molecular weight is 412 g/mol. The predicted octanol–water partition coefficient (Wildman–Crippen LogP) is 2.52. The molecular weight excluding hydrogens is 388 g/mol. The third kappa shape index (κ3) is 2.57. The lowest BCUT2D eigenvalue weighted by Gasteiger charge is -2.51. The van der Waals surface area contributed by atoms with Gasteiger partial charge in [-0.05, 0) is 37.3 Å². The molecule has 5 rings (SSSR count). The molecule has 0 radical (unpaired) electrons. The Morgan fingerprint density at radius 3 is 2.57 bits per heavy atom. The molecule has 3 heterocycles. The molecule has 9 heteroatoms. The second-order valence-electron chi connectivity index (χ2n) is 8.80. The van der Waals surface area contributed by atoms with E-state index in [0.29, 0.717) is 18.5 Å². The Bertz CT molecular complexity index is 957. The Morgan fingerprint density at radius 2 is 1.83 bits per heavy atom. The molecule has 1 aromatic rings. The van der Waals surface area contributed by atoms with Gasteiger partial charge in [-0.1, -0.05) is 19.3 Å². The van der Waals surface area contributed by atoms with Crippen molar-refractivity contribution in [1.82, 2.24) is 10.2 Å². The van der Waals surface area contributed by atoms with Gasteiger partial charge in [-0.3, -0.25) is 29.9 Å². The molecule has 4 amide bonds. The van der Waals surface area contributed by atoms with Crippen LogP contribution in [0.15, 0.2) is 18.2 Å². The quantitative estimate of drug-likeness (QED) is 0.454. The number of nitrogens with one attached hydrogen (secondary N) is 1. The number of nitro benzene ring substituents is 1. The molecule has 30 heavy (non-hydrogen) atoms. The number of anilines is 1. The van der Waals surface area contributed by atoms with E-state index in [2.05, 4.69) is 5.32 Å². The number of amides is 4. The second-order valence-corrected chi connectivity index (χ2v) is 8.80. The van der Waals surface area contributed by atoms with Crippen molar-refractivity contribution in [1.29, 1.82) is 0 Å². The van der Waals surface area contributed by atoms with Gasteiger partial charge < -0.3 is 4.90 Å². The molecule has 1 aliphatic carbocycles. The maximum Gasteiger partial charge on any atom is 0.331 e. The van der Waals surface area contributed by atoms with Gasteiger partial charge in [-0.25, -0.2) is 4.79 Å². The normalized spacial score (nSPS) is 29.1. The number of benzene rings is 1. The molecule has 2 saturated heterocycles. The number of non-ortho nitro benzene ring substituents is 1. The average Bonchev–Trinajstić information content (AvgIpc) is 3.23. The zero-order chi connectivity index (χ0) is 21.0. The van der Waals surface area contributed by atoms with Crippen LogP contribution in [0.25, 0.3) is 0 Å². The highest BCUT2D eigenvalue weighted by atomic mass is 16.6. The number of hydrogen-bond donors (Lipinski definition) is 1. The summed E-state index contributed by atoms with van der Waals surface area (Å²) in [5, 5.41) is 13.8. The molecule has 3 aliphatic heterocycles. The minimum absolute atomic E-state index is 0.0644. The van der Waals surface area contributed by atoms with Gasteiger partial charge in [0.2, 0.25) is 11.8 Å². The smallest absolute Gasteiger partial charge is 0.331 e. The maximum atomic E-state index is 13.9. The number of barbiturate groups is 1. The topological polar surface area (TPSA) is 113 Å². The molecule has 158 valence electrons. The standard InChI is InChI=1S/C21H24N4O5/c26-18-21(19(27)24(20(28)22-18)14-5-2-1-3-6-14)12-13-11-15(25(29)30)8-9-16(13)23-10-4-7-17(21)23/h8-9,11,14,17H,1-7,10,12H2,(H,22,26,28). The molecule has 0 bridgehead atoms. The van der Waals surface area contributed by atoms with E-state index in [1.54, 1.807) is 6.07 Å². The molecule has 2 unspecified atom stereocenters. The molecule has 1 spiro atoms. The molecule has 2 atom stereocenters. The van der Waals surface area contributed by atoms with Gasteiger partial charge in [0.25, 0.3) is 5.69 Å². The van der Waals surface area contributed by atoms with Crippen LogP contribution in [-0.2, 0) is 16.0 Å². The van der Waals surface area contributed by atoms with Crippen LogP contribution < -0.4 is 10.2 Å². The Balaban J connectivity index is 1.61. The zero-order valence-corrected chi connectivity index (χ0v) is 16.6. The summed E-state index contributed by atoms with van der Waals surface area (Å²) in [6.07, 6.45) is 6.05. The minimum Gasteiger partial charge on any atom is -0.367 e. The number of nitrogens with zero attached hydrogens (tertiary/aromatic N) is 3. The summed E-state index contributed by atoms with van der Waals surface area (Å²) in [5.41, 5.74) is -0.0333.